The predicted molar refractivity (Wildman–Crippen MR) is 91.0 cm³/mol. The SMILES string of the molecule is CN=C(NCC(c1cnn(C)c1)N(C)C)N1CCCC(C)C1. The van der Waals surface area contributed by atoms with Crippen molar-refractivity contribution in [2.45, 2.75) is 25.8 Å². The standard InChI is InChI=1S/C16H30N6/c1-13-7-6-8-22(11-13)16(17-2)18-10-15(20(3)4)14-9-19-21(5)12-14/h9,12-13,15H,6-8,10-11H2,1-5H3,(H,17,18). The Morgan fingerprint density at radius 2 is 2.32 bits per heavy atom. The van der Waals surface area contributed by atoms with Gasteiger partial charge >= 0.3 is 0 Å². The number of nitrogens with one attached hydrogen (secondary N) is 1. The second-order valence-corrected chi connectivity index (χ2v) is 6.55. The molecule has 1 N–H and O–H groups in total. The zero-order valence-electron chi connectivity index (χ0n) is 14.6. The molecule has 22 heavy (non-hydrogen) atoms. The summed E-state index contributed by atoms with van der Waals surface area (Å²) >= 11 is 0. The zero-order valence-corrected chi connectivity index (χ0v) is 14.6. The molecule has 2 heterocycles. The third-order valence-electron chi connectivity index (χ3n) is 4.35. The minimum atomic E-state index is 0.285. The summed E-state index contributed by atoms with van der Waals surface area (Å²) in [7, 11) is 8.03. The number of nitrogens with zero attached hydrogens (tertiary/aromatic N) is 5. The molecule has 1 aromatic rings. The number of piperidine rings is 1. The monoisotopic (exact) mass is 306 g/mol. The number of rotatable bonds is 4. The maximum atomic E-state index is 4.47. The topological polar surface area (TPSA) is 48.7 Å². The number of likely N-dealkylation sites (tertiary alicyclic amines) is 1. The summed E-state index contributed by atoms with van der Waals surface area (Å²) in [5, 5.41) is 7.83. The first-order valence-electron chi connectivity index (χ1n) is 8.11. The van der Waals surface area contributed by atoms with Gasteiger partial charge < -0.3 is 15.1 Å². The van der Waals surface area contributed by atoms with Crippen LogP contribution in [-0.4, -0.2) is 66.3 Å². The summed E-state index contributed by atoms with van der Waals surface area (Å²) in [5.74, 6) is 1.76. The van der Waals surface area contributed by atoms with Crippen molar-refractivity contribution in [3.63, 3.8) is 0 Å². The highest BCUT2D eigenvalue weighted by Gasteiger charge is 2.21. The largest absolute Gasteiger partial charge is 0.354 e. The van der Waals surface area contributed by atoms with Crippen LogP contribution in [0.1, 0.15) is 31.4 Å². The highest BCUT2D eigenvalue weighted by Crippen LogP contribution is 2.18. The summed E-state index contributed by atoms with van der Waals surface area (Å²) in [6, 6.07) is 0.285. The average Bonchev–Trinajstić information content (AvgIpc) is 2.89. The second kappa shape index (κ2) is 7.63. The molecular weight excluding hydrogens is 276 g/mol. The lowest BCUT2D eigenvalue weighted by molar-refractivity contribution is 0.258. The van der Waals surface area contributed by atoms with Crippen LogP contribution in [0.25, 0.3) is 0 Å². The normalized spacial score (nSPS) is 21.3. The Morgan fingerprint density at radius 3 is 2.86 bits per heavy atom. The molecule has 0 amide bonds. The summed E-state index contributed by atoms with van der Waals surface area (Å²) in [6.07, 6.45) is 6.60. The molecule has 124 valence electrons. The van der Waals surface area contributed by atoms with Gasteiger partial charge in [-0.25, -0.2) is 0 Å². The molecule has 6 heteroatoms. The Kier molecular flexibility index (Phi) is 5.83. The Labute approximate surface area is 134 Å². The molecule has 2 rings (SSSR count). The molecule has 0 radical (unpaired) electrons. The highest BCUT2D eigenvalue weighted by atomic mass is 15.3. The Hall–Kier alpha value is -1.56. The summed E-state index contributed by atoms with van der Waals surface area (Å²) < 4.78 is 1.85. The molecule has 1 aliphatic heterocycles. The van der Waals surface area contributed by atoms with E-state index in [1.165, 1.54) is 18.4 Å². The lowest BCUT2D eigenvalue weighted by atomic mass is 10.0. The third kappa shape index (κ3) is 4.22. The quantitative estimate of drug-likeness (QED) is 0.673. The van der Waals surface area contributed by atoms with Gasteiger partial charge in [-0.15, -0.1) is 0 Å². The van der Waals surface area contributed by atoms with E-state index in [4.69, 9.17) is 0 Å². The molecule has 0 aliphatic carbocycles. The van der Waals surface area contributed by atoms with Crippen LogP contribution in [0.3, 0.4) is 0 Å². The van der Waals surface area contributed by atoms with Crippen molar-refractivity contribution in [2.24, 2.45) is 18.0 Å². The van der Waals surface area contributed by atoms with Crippen molar-refractivity contribution in [1.82, 2.24) is 24.9 Å². The van der Waals surface area contributed by atoms with Gasteiger partial charge in [0.2, 0.25) is 0 Å². The molecule has 1 saturated heterocycles. The predicted octanol–water partition coefficient (Wildman–Crippen LogP) is 1.33. The van der Waals surface area contributed by atoms with Gasteiger partial charge in [0.05, 0.1) is 12.2 Å². The number of aromatic nitrogens is 2. The second-order valence-electron chi connectivity index (χ2n) is 6.55. The van der Waals surface area contributed by atoms with E-state index in [-0.39, 0.29) is 6.04 Å². The number of aryl methyl sites for hydroxylation is 1. The van der Waals surface area contributed by atoms with E-state index >= 15 is 0 Å². The first-order valence-corrected chi connectivity index (χ1v) is 8.11. The van der Waals surface area contributed by atoms with Crippen molar-refractivity contribution in [2.75, 3.05) is 40.8 Å². The van der Waals surface area contributed by atoms with Crippen LogP contribution in [0, 0.1) is 5.92 Å². The Balaban J connectivity index is 1.98. The van der Waals surface area contributed by atoms with Gasteiger partial charge in [0.15, 0.2) is 5.96 Å². The van der Waals surface area contributed by atoms with Crippen molar-refractivity contribution >= 4 is 5.96 Å². The van der Waals surface area contributed by atoms with E-state index < -0.39 is 0 Å². The van der Waals surface area contributed by atoms with E-state index in [0.29, 0.717) is 0 Å². The fourth-order valence-electron chi connectivity index (χ4n) is 3.11. The molecular formula is C16H30N6. The Morgan fingerprint density at radius 1 is 1.55 bits per heavy atom. The van der Waals surface area contributed by atoms with Crippen LogP contribution in [0.4, 0.5) is 0 Å². The summed E-state index contributed by atoms with van der Waals surface area (Å²) in [6.45, 7) is 5.34. The van der Waals surface area contributed by atoms with Gasteiger partial charge in [0.25, 0.3) is 0 Å². The molecule has 2 atom stereocenters. The minimum Gasteiger partial charge on any atom is -0.354 e. The van der Waals surface area contributed by atoms with Gasteiger partial charge in [0, 0.05) is 45.5 Å². The van der Waals surface area contributed by atoms with E-state index in [1.807, 2.05) is 25.0 Å². The van der Waals surface area contributed by atoms with Crippen LogP contribution in [0.15, 0.2) is 17.4 Å². The zero-order chi connectivity index (χ0) is 16.1. The van der Waals surface area contributed by atoms with E-state index in [9.17, 15) is 0 Å². The van der Waals surface area contributed by atoms with Crippen molar-refractivity contribution in [1.29, 1.82) is 0 Å². The van der Waals surface area contributed by atoms with Gasteiger partial charge in [-0.3, -0.25) is 9.67 Å². The van der Waals surface area contributed by atoms with Gasteiger partial charge in [0.1, 0.15) is 0 Å². The van der Waals surface area contributed by atoms with Crippen LogP contribution >= 0.6 is 0 Å². The molecule has 0 aromatic carbocycles. The Bertz CT molecular complexity index is 493. The lowest BCUT2D eigenvalue weighted by Gasteiger charge is -2.34. The number of aliphatic imine (C=N–C) groups is 1. The minimum absolute atomic E-state index is 0.285. The van der Waals surface area contributed by atoms with Gasteiger partial charge in [-0.05, 0) is 32.9 Å². The van der Waals surface area contributed by atoms with E-state index in [1.54, 1.807) is 0 Å². The van der Waals surface area contributed by atoms with Gasteiger partial charge in [-0.1, -0.05) is 6.92 Å². The van der Waals surface area contributed by atoms with Crippen molar-refractivity contribution in [3.8, 4) is 0 Å². The molecule has 1 aliphatic rings. The molecule has 0 saturated carbocycles. The molecule has 0 spiro atoms. The summed E-state index contributed by atoms with van der Waals surface area (Å²) in [4.78, 5) is 9.07. The van der Waals surface area contributed by atoms with Crippen LogP contribution in [0.5, 0.6) is 0 Å². The molecule has 6 nitrogen and oxygen atoms in total. The van der Waals surface area contributed by atoms with Crippen molar-refractivity contribution < 1.29 is 0 Å². The lowest BCUT2D eigenvalue weighted by Crippen LogP contribution is -2.48. The highest BCUT2D eigenvalue weighted by molar-refractivity contribution is 5.80. The number of hydrogen-bond donors (Lipinski definition) is 1. The number of likely N-dealkylation sites (N-methyl/N-ethyl adjacent to an activating group) is 1. The average molecular weight is 306 g/mol. The number of guanidine groups is 1. The smallest absolute Gasteiger partial charge is 0.193 e. The first kappa shape index (κ1) is 16.8. The molecule has 1 aromatic heterocycles. The molecule has 2 unspecified atom stereocenters. The van der Waals surface area contributed by atoms with Crippen molar-refractivity contribution in [3.05, 3.63) is 18.0 Å². The maximum absolute atomic E-state index is 4.47. The fraction of sp³-hybridized carbons (Fsp3) is 0.750. The summed E-state index contributed by atoms with van der Waals surface area (Å²) in [5.41, 5.74) is 1.22. The molecule has 0 bridgehead atoms. The molecule has 1 fully saturated rings. The van der Waals surface area contributed by atoms with Crippen LogP contribution in [-0.2, 0) is 7.05 Å². The fourth-order valence-corrected chi connectivity index (χ4v) is 3.11. The first-order chi connectivity index (χ1) is 10.5. The maximum Gasteiger partial charge on any atom is 0.193 e. The van der Waals surface area contributed by atoms with Crippen LogP contribution in [0.2, 0.25) is 0 Å². The van der Waals surface area contributed by atoms with E-state index in [0.717, 1.165) is 31.5 Å². The number of hydrogen-bond acceptors (Lipinski definition) is 3. The third-order valence-corrected chi connectivity index (χ3v) is 4.35. The van der Waals surface area contributed by atoms with Gasteiger partial charge in [-0.2, -0.15) is 5.10 Å². The van der Waals surface area contributed by atoms with Crippen LogP contribution < -0.4 is 5.32 Å². The van der Waals surface area contributed by atoms with E-state index in [2.05, 4.69) is 52.4 Å².